The van der Waals surface area contributed by atoms with Crippen molar-refractivity contribution in [2.24, 2.45) is 0 Å². The Balaban J connectivity index is 1.53. The molecule has 1 heterocycles. The number of rotatable bonds is 6. The van der Waals surface area contributed by atoms with Gasteiger partial charge in [-0.15, -0.1) is 11.3 Å². The molecule has 126 valence electrons. The van der Waals surface area contributed by atoms with Crippen LogP contribution < -0.4 is 10.1 Å². The molecule has 1 amide bonds. The van der Waals surface area contributed by atoms with Gasteiger partial charge < -0.3 is 10.1 Å². The number of thiazole rings is 1. The average Bonchev–Trinajstić information content (AvgIpc) is 3.15. The Bertz CT molecular complexity index is 855. The monoisotopic (exact) mass is 350 g/mol. The third-order valence-electron chi connectivity index (χ3n) is 3.56. The van der Waals surface area contributed by atoms with Gasteiger partial charge in [0.2, 0.25) is 5.91 Å². The molecule has 0 spiro atoms. The molecule has 0 aliphatic heterocycles. The lowest BCUT2D eigenvalue weighted by molar-refractivity contribution is -0.116. The molecule has 0 fully saturated rings. The Morgan fingerprint density at radius 3 is 2.64 bits per heavy atom. The maximum atomic E-state index is 11.9. The summed E-state index contributed by atoms with van der Waals surface area (Å²) in [5.74, 6) is 0.643. The summed E-state index contributed by atoms with van der Waals surface area (Å²) in [5.41, 5.74) is 2.88. The molecule has 0 unspecified atom stereocenters. The molecule has 0 bridgehead atoms. The number of aromatic nitrogens is 1. The molecule has 3 aromatic rings. The minimum absolute atomic E-state index is 0.148. The summed E-state index contributed by atoms with van der Waals surface area (Å²) in [5, 5.41) is 5.78. The number of hydrogen-bond acceptors (Lipinski definition) is 4. The molecule has 4 nitrogen and oxygen atoms in total. The van der Waals surface area contributed by atoms with E-state index in [1.807, 2.05) is 60.0 Å². The van der Waals surface area contributed by atoms with Crippen LogP contribution in [-0.2, 0) is 11.3 Å². The quantitative estimate of drug-likeness (QED) is 0.680. The molecule has 1 aromatic heterocycles. The Morgan fingerprint density at radius 2 is 1.92 bits per heavy atom. The highest BCUT2D eigenvalue weighted by Crippen LogP contribution is 2.23. The van der Waals surface area contributed by atoms with Crippen molar-refractivity contribution in [3.8, 4) is 16.3 Å². The van der Waals surface area contributed by atoms with Gasteiger partial charge in [-0.05, 0) is 23.8 Å². The second kappa shape index (κ2) is 8.26. The highest BCUT2D eigenvalue weighted by Gasteiger charge is 2.05. The molecule has 0 atom stereocenters. The fourth-order valence-electron chi connectivity index (χ4n) is 2.23. The van der Waals surface area contributed by atoms with Gasteiger partial charge in [-0.3, -0.25) is 4.79 Å². The number of nitrogens with one attached hydrogen (secondary N) is 1. The van der Waals surface area contributed by atoms with Crippen LogP contribution in [0.2, 0.25) is 0 Å². The smallest absolute Gasteiger partial charge is 0.244 e. The number of methoxy groups -OCH3 is 1. The second-order valence-corrected chi connectivity index (χ2v) is 6.19. The van der Waals surface area contributed by atoms with E-state index in [0.717, 1.165) is 27.6 Å². The maximum absolute atomic E-state index is 11.9. The Morgan fingerprint density at radius 1 is 1.16 bits per heavy atom. The standard InChI is InChI=1S/C20H18N2O2S/c1-24-18-10-7-15(8-11-18)9-12-19(23)21-13-17-14-25-20(22-17)16-5-3-2-4-6-16/h2-12,14H,13H2,1H3,(H,21,23)/b12-9+. The van der Waals surface area contributed by atoms with E-state index in [-0.39, 0.29) is 5.91 Å². The summed E-state index contributed by atoms with van der Waals surface area (Å²) in [6, 6.07) is 17.5. The number of hydrogen-bond donors (Lipinski definition) is 1. The van der Waals surface area contributed by atoms with Crippen molar-refractivity contribution >= 4 is 23.3 Å². The number of ether oxygens (including phenoxy) is 1. The van der Waals surface area contributed by atoms with E-state index in [1.54, 1.807) is 24.5 Å². The summed E-state index contributed by atoms with van der Waals surface area (Å²) in [6.07, 6.45) is 3.29. The molecular formula is C20H18N2O2S. The molecule has 0 aliphatic carbocycles. The topological polar surface area (TPSA) is 51.2 Å². The fourth-order valence-corrected chi connectivity index (χ4v) is 3.05. The third-order valence-corrected chi connectivity index (χ3v) is 4.50. The van der Waals surface area contributed by atoms with Crippen molar-refractivity contribution < 1.29 is 9.53 Å². The van der Waals surface area contributed by atoms with Crippen LogP contribution in [0.3, 0.4) is 0 Å². The zero-order valence-electron chi connectivity index (χ0n) is 13.8. The van der Waals surface area contributed by atoms with Crippen molar-refractivity contribution in [2.45, 2.75) is 6.54 Å². The van der Waals surface area contributed by atoms with Crippen molar-refractivity contribution in [3.05, 3.63) is 77.3 Å². The number of benzene rings is 2. The van der Waals surface area contributed by atoms with Crippen molar-refractivity contribution in [1.82, 2.24) is 10.3 Å². The van der Waals surface area contributed by atoms with Gasteiger partial charge in [-0.25, -0.2) is 4.98 Å². The molecular weight excluding hydrogens is 332 g/mol. The van der Waals surface area contributed by atoms with E-state index in [9.17, 15) is 4.79 Å². The molecule has 1 N–H and O–H groups in total. The van der Waals surface area contributed by atoms with Gasteiger partial charge in [0.25, 0.3) is 0 Å². The van der Waals surface area contributed by atoms with Crippen LogP contribution in [0.25, 0.3) is 16.6 Å². The van der Waals surface area contributed by atoms with E-state index in [4.69, 9.17) is 4.74 Å². The van der Waals surface area contributed by atoms with Crippen LogP contribution in [-0.4, -0.2) is 18.0 Å². The van der Waals surface area contributed by atoms with Crippen LogP contribution in [0.5, 0.6) is 5.75 Å². The van der Waals surface area contributed by atoms with E-state index in [2.05, 4.69) is 10.3 Å². The summed E-state index contributed by atoms with van der Waals surface area (Å²) in [4.78, 5) is 16.5. The average molecular weight is 350 g/mol. The minimum Gasteiger partial charge on any atom is -0.497 e. The predicted molar refractivity (Wildman–Crippen MR) is 101 cm³/mol. The van der Waals surface area contributed by atoms with Gasteiger partial charge in [0.1, 0.15) is 10.8 Å². The van der Waals surface area contributed by atoms with Crippen LogP contribution in [0, 0.1) is 0 Å². The minimum atomic E-state index is -0.148. The second-order valence-electron chi connectivity index (χ2n) is 5.33. The van der Waals surface area contributed by atoms with Crippen LogP contribution in [0.1, 0.15) is 11.3 Å². The largest absolute Gasteiger partial charge is 0.497 e. The lowest BCUT2D eigenvalue weighted by atomic mass is 10.2. The normalized spacial score (nSPS) is 10.8. The molecule has 5 heteroatoms. The molecule has 0 saturated carbocycles. The molecule has 0 saturated heterocycles. The third kappa shape index (κ3) is 4.78. The first-order valence-corrected chi connectivity index (χ1v) is 8.72. The molecule has 3 rings (SSSR count). The zero-order chi connectivity index (χ0) is 17.5. The Kier molecular flexibility index (Phi) is 5.59. The van der Waals surface area contributed by atoms with E-state index >= 15 is 0 Å². The summed E-state index contributed by atoms with van der Waals surface area (Å²) in [6.45, 7) is 0.412. The van der Waals surface area contributed by atoms with Crippen LogP contribution >= 0.6 is 11.3 Å². The first kappa shape index (κ1) is 16.9. The van der Waals surface area contributed by atoms with Crippen molar-refractivity contribution in [2.75, 3.05) is 7.11 Å². The highest BCUT2D eigenvalue weighted by molar-refractivity contribution is 7.13. The van der Waals surface area contributed by atoms with Gasteiger partial charge >= 0.3 is 0 Å². The van der Waals surface area contributed by atoms with Gasteiger partial charge in [0.15, 0.2) is 0 Å². The number of nitrogens with zero attached hydrogens (tertiary/aromatic N) is 1. The Hall–Kier alpha value is -2.92. The van der Waals surface area contributed by atoms with Crippen molar-refractivity contribution in [3.63, 3.8) is 0 Å². The van der Waals surface area contributed by atoms with E-state index in [0.29, 0.717) is 6.54 Å². The Labute approximate surface area is 150 Å². The molecule has 25 heavy (non-hydrogen) atoms. The molecule has 0 aliphatic rings. The number of carbonyl (C=O) groups excluding carboxylic acids is 1. The SMILES string of the molecule is COc1ccc(/C=C/C(=O)NCc2csc(-c3ccccc3)n2)cc1. The summed E-state index contributed by atoms with van der Waals surface area (Å²) in [7, 11) is 1.62. The first-order chi connectivity index (χ1) is 12.2. The van der Waals surface area contributed by atoms with Crippen LogP contribution in [0.15, 0.2) is 66.1 Å². The van der Waals surface area contributed by atoms with E-state index < -0.39 is 0 Å². The number of carbonyl (C=O) groups is 1. The lowest BCUT2D eigenvalue weighted by Gasteiger charge is -2.00. The van der Waals surface area contributed by atoms with Gasteiger partial charge in [-0.1, -0.05) is 42.5 Å². The summed E-state index contributed by atoms with van der Waals surface area (Å²) >= 11 is 1.58. The fraction of sp³-hybridized carbons (Fsp3) is 0.100. The lowest BCUT2D eigenvalue weighted by Crippen LogP contribution is -2.20. The number of amides is 1. The van der Waals surface area contributed by atoms with Crippen LogP contribution in [0.4, 0.5) is 0 Å². The molecule has 0 radical (unpaired) electrons. The highest BCUT2D eigenvalue weighted by atomic mass is 32.1. The molecule has 2 aromatic carbocycles. The summed E-state index contributed by atoms with van der Waals surface area (Å²) < 4.78 is 5.11. The predicted octanol–water partition coefficient (Wildman–Crippen LogP) is 4.15. The van der Waals surface area contributed by atoms with Gasteiger partial charge in [0, 0.05) is 17.0 Å². The van der Waals surface area contributed by atoms with Gasteiger partial charge in [0.05, 0.1) is 19.3 Å². The zero-order valence-corrected chi connectivity index (χ0v) is 14.6. The maximum Gasteiger partial charge on any atom is 0.244 e. The van der Waals surface area contributed by atoms with Gasteiger partial charge in [-0.2, -0.15) is 0 Å². The van der Waals surface area contributed by atoms with E-state index in [1.165, 1.54) is 6.08 Å². The van der Waals surface area contributed by atoms with Crippen molar-refractivity contribution in [1.29, 1.82) is 0 Å². The first-order valence-electron chi connectivity index (χ1n) is 7.84.